The number of fused-ring (bicyclic) bond motifs is 3. The Bertz CT molecular complexity index is 630. The van der Waals surface area contributed by atoms with Crippen LogP contribution in [0.2, 0.25) is 0 Å². The number of nitrogens with one attached hydrogen (secondary N) is 1. The van der Waals surface area contributed by atoms with Crippen molar-refractivity contribution in [2.75, 3.05) is 0 Å². The van der Waals surface area contributed by atoms with E-state index in [0.717, 1.165) is 21.9 Å². The lowest BCUT2D eigenvalue weighted by Gasteiger charge is -1.95. The van der Waals surface area contributed by atoms with Crippen molar-refractivity contribution in [1.82, 2.24) is 15.0 Å². The number of nitrogens with zero attached hydrogens (tertiary/aromatic N) is 2. The summed E-state index contributed by atoms with van der Waals surface area (Å²) in [7, 11) is 0. The minimum Gasteiger partial charge on any atom is -0.390 e. The van der Waals surface area contributed by atoms with Crippen LogP contribution in [0.25, 0.3) is 21.9 Å². The summed E-state index contributed by atoms with van der Waals surface area (Å²) in [5, 5.41) is 10.2. The number of aromatic amines is 1. The van der Waals surface area contributed by atoms with Crippen LogP contribution in [0, 0.1) is 0 Å². The molecule has 0 aliphatic rings. The van der Waals surface area contributed by atoms with Crippen LogP contribution in [-0.2, 0) is 6.61 Å². The first-order chi connectivity index (χ1) is 7.40. The Labute approximate surface area is 85.6 Å². The van der Waals surface area contributed by atoms with E-state index in [2.05, 4.69) is 15.0 Å². The van der Waals surface area contributed by atoms with Gasteiger partial charge in [0, 0.05) is 10.9 Å². The predicted octanol–water partition coefficient (Wildman–Crippen LogP) is 1.60. The third-order valence-electron chi connectivity index (χ3n) is 2.52. The SMILES string of the molecule is OCc1ncnc2c1[nH]c1ccccc12. The van der Waals surface area contributed by atoms with E-state index in [1.807, 2.05) is 24.3 Å². The molecule has 0 bridgehead atoms. The molecule has 0 saturated heterocycles. The van der Waals surface area contributed by atoms with Gasteiger partial charge in [-0.3, -0.25) is 0 Å². The van der Waals surface area contributed by atoms with Crippen molar-refractivity contribution < 1.29 is 5.11 Å². The van der Waals surface area contributed by atoms with E-state index < -0.39 is 0 Å². The fourth-order valence-electron chi connectivity index (χ4n) is 1.81. The first-order valence-corrected chi connectivity index (χ1v) is 4.71. The molecule has 0 aliphatic heterocycles. The van der Waals surface area contributed by atoms with Crippen LogP contribution in [0.5, 0.6) is 0 Å². The lowest BCUT2D eigenvalue weighted by Crippen LogP contribution is -1.91. The molecular formula is C11H9N3O. The molecule has 0 aliphatic carbocycles. The maximum Gasteiger partial charge on any atom is 0.116 e. The number of benzene rings is 1. The zero-order valence-corrected chi connectivity index (χ0v) is 7.94. The van der Waals surface area contributed by atoms with Gasteiger partial charge in [-0.05, 0) is 6.07 Å². The van der Waals surface area contributed by atoms with Crippen LogP contribution >= 0.6 is 0 Å². The minimum absolute atomic E-state index is 0.0775. The van der Waals surface area contributed by atoms with Crippen molar-refractivity contribution in [2.24, 2.45) is 0 Å². The van der Waals surface area contributed by atoms with E-state index in [1.165, 1.54) is 6.33 Å². The Balaban J connectivity index is 2.53. The number of rotatable bonds is 1. The highest BCUT2D eigenvalue weighted by Gasteiger charge is 2.08. The molecule has 2 heterocycles. The van der Waals surface area contributed by atoms with Crippen molar-refractivity contribution in [1.29, 1.82) is 0 Å². The Kier molecular flexibility index (Phi) is 1.69. The molecule has 0 radical (unpaired) electrons. The van der Waals surface area contributed by atoms with Crippen LogP contribution in [0.1, 0.15) is 5.69 Å². The Morgan fingerprint density at radius 1 is 1.20 bits per heavy atom. The number of hydrogen-bond donors (Lipinski definition) is 2. The van der Waals surface area contributed by atoms with Gasteiger partial charge in [0.2, 0.25) is 0 Å². The van der Waals surface area contributed by atoms with Crippen LogP contribution in [-0.4, -0.2) is 20.1 Å². The summed E-state index contributed by atoms with van der Waals surface area (Å²) >= 11 is 0. The first kappa shape index (κ1) is 8.38. The van der Waals surface area contributed by atoms with E-state index in [1.54, 1.807) is 0 Å². The lowest BCUT2D eigenvalue weighted by molar-refractivity contribution is 0.278. The van der Waals surface area contributed by atoms with E-state index in [-0.39, 0.29) is 6.61 Å². The maximum atomic E-state index is 9.15. The van der Waals surface area contributed by atoms with Gasteiger partial charge in [-0.25, -0.2) is 9.97 Å². The zero-order chi connectivity index (χ0) is 10.3. The molecule has 2 aromatic heterocycles. The molecule has 1 aromatic carbocycles. The topological polar surface area (TPSA) is 61.8 Å². The van der Waals surface area contributed by atoms with Crippen LogP contribution in [0.4, 0.5) is 0 Å². The molecule has 0 saturated carbocycles. The molecule has 4 nitrogen and oxygen atoms in total. The fourth-order valence-corrected chi connectivity index (χ4v) is 1.81. The molecule has 74 valence electrons. The molecule has 0 amide bonds. The Morgan fingerprint density at radius 2 is 2.07 bits per heavy atom. The van der Waals surface area contributed by atoms with Crippen molar-refractivity contribution in [3.05, 3.63) is 36.3 Å². The van der Waals surface area contributed by atoms with E-state index in [4.69, 9.17) is 5.11 Å². The van der Waals surface area contributed by atoms with Crippen LogP contribution in [0.15, 0.2) is 30.6 Å². The average Bonchev–Trinajstić information content (AvgIpc) is 2.67. The molecule has 15 heavy (non-hydrogen) atoms. The van der Waals surface area contributed by atoms with Gasteiger partial charge in [-0.2, -0.15) is 0 Å². The van der Waals surface area contributed by atoms with Gasteiger partial charge in [0.1, 0.15) is 6.33 Å². The van der Waals surface area contributed by atoms with Gasteiger partial charge in [0.25, 0.3) is 0 Å². The van der Waals surface area contributed by atoms with Gasteiger partial charge in [-0.1, -0.05) is 18.2 Å². The first-order valence-electron chi connectivity index (χ1n) is 4.71. The van der Waals surface area contributed by atoms with E-state index >= 15 is 0 Å². The predicted molar refractivity (Wildman–Crippen MR) is 57.3 cm³/mol. The summed E-state index contributed by atoms with van der Waals surface area (Å²) in [6, 6.07) is 7.92. The molecule has 0 fully saturated rings. The smallest absolute Gasteiger partial charge is 0.116 e. The monoisotopic (exact) mass is 199 g/mol. The quantitative estimate of drug-likeness (QED) is 0.625. The molecule has 2 N–H and O–H groups in total. The largest absolute Gasteiger partial charge is 0.390 e. The zero-order valence-electron chi connectivity index (χ0n) is 7.94. The summed E-state index contributed by atoms with van der Waals surface area (Å²) in [5.41, 5.74) is 3.34. The van der Waals surface area contributed by atoms with Gasteiger partial charge in [0.05, 0.1) is 23.3 Å². The number of hydrogen-bond acceptors (Lipinski definition) is 3. The molecule has 4 heteroatoms. The lowest BCUT2D eigenvalue weighted by atomic mass is 10.2. The highest BCUT2D eigenvalue weighted by Crippen LogP contribution is 2.24. The third-order valence-corrected chi connectivity index (χ3v) is 2.52. The molecular weight excluding hydrogens is 190 g/mol. The second kappa shape index (κ2) is 3.03. The normalized spacial score (nSPS) is 11.3. The number of H-pyrrole nitrogens is 1. The molecule has 0 spiro atoms. The fraction of sp³-hybridized carbons (Fsp3) is 0.0909. The van der Waals surface area contributed by atoms with Crippen molar-refractivity contribution in [3.63, 3.8) is 0 Å². The second-order valence-corrected chi connectivity index (χ2v) is 3.37. The molecule has 3 aromatic rings. The Morgan fingerprint density at radius 3 is 2.93 bits per heavy atom. The summed E-state index contributed by atoms with van der Waals surface area (Å²) < 4.78 is 0. The van der Waals surface area contributed by atoms with Gasteiger partial charge >= 0.3 is 0 Å². The van der Waals surface area contributed by atoms with Crippen molar-refractivity contribution in [3.8, 4) is 0 Å². The molecule has 0 unspecified atom stereocenters. The van der Waals surface area contributed by atoms with Crippen LogP contribution < -0.4 is 0 Å². The van der Waals surface area contributed by atoms with Crippen LogP contribution in [0.3, 0.4) is 0 Å². The maximum absolute atomic E-state index is 9.15. The summed E-state index contributed by atoms with van der Waals surface area (Å²) in [5.74, 6) is 0. The Hall–Kier alpha value is -1.94. The van der Waals surface area contributed by atoms with Crippen molar-refractivity contribution >= 4 is 21.9 Å². The van der Waals surface area contributed by atoms with E-state index in [9.17, 15) is 0 Å². The summed E-state index contributed by atoms with van der Waals surface area (Å²) in [6.45, 7) is -0.0775. The van der Waals surface area contributed by atoms with Gasteiger partial charge < -0.3 is 10.1 Å². The van der Waals surface area contributed by atoms with Gasteiger partial charge in [0.15, 0.2) is 0 Å². The number of para-hydroxylation sites is 1. The standard InChI is InChI=1S/C11H9N3O/c15-5-9-11-10(13-6-12-9)7-3-1-2-4-8(7)14-11/h1-4,6,14-15H,5H2. The van der Waals surface area contributed by atoms with Crippen molar-refractivity contribution in [2.45, 2.75) is 6.61 Å². The highest BCUT2D eigenvalue weighted by molar-refractivity contribution is 6.05. The number of aliphatic hydroxyl groups excluding tert-OH is 1. The van der Waals surface area contributed by atoms with E-state index in [0.29, 0.717) is 5.69 Å². The summed E-state index contributed by atoms with van der Waals surface area (Å²) in [4.78, 5) is 11.5. The summed E-state index contributed by atoms with van der Waals surface area (Å²) in [6.07, 6.45) is 1.48. The highest BCUT2D eigenvalue weighted by atomic mass is 16.3. The molecule has 3 rings (SSSR count). The average molecular weight is 199 g/mol. The number of aromatic nitrogens is 3. The third kappa shape index (κ3) is 1.12. The second-order valence-electron chi connectivity index (χ2n) is 3.37. The molecule has 0 atom stereocenters. The van der Waals surface area contributed by atoms with Gasteiger partial charge in [-0.15, -0.1) is 0 Å². The minimum atomic E-state index is -0.0775. The number of aliphatic hydroxyl groups is 1.